The van der Waals surface area contributed by atoms with Crippen LogP contribution < -0.4 is 0 Å². The third kappa shape index (κ3) is 4.14. The van der Waals surface area contributed by atoms with Crippen LogP contribution >= 0.6 is 0 Å². The molecule has 1 heterocycles. The molecule has 0 aliphatic rings. The van der Waals surface area contributed by atoms with Crippen LogP contribution in [-0.2, 0) is 6.42 Å². The molecular formula is C17H25N3O. The first-order chi connectivity index (χ1) is 9.88. The molecule has 0 amide bonds. The Morgan fingerprint density at radius 1 is 1.19 bits per heavy atom. The van der Waals surface area contributed by atoms with Crippen molar-refractivity contribution in [2.45, 2.75) is 52.7 Å². The van der Waals surface area contributed by atoms with Gasteiger partial charge in [0.2, 0.25) is 0 Å². The fraction of sp³-hybridized carbons (Fsp3) is 0.529. The van der Waals surface area contributed by atoms with Crippen molar-refractivity contribution in [2.75, 3.05) is 0 Å². The Hall–Kier alpha value is -1.68. The van der Waals surface area contributed by atoms with Crippen LogP contribution in [0.5, 0.6) is 0 Å². The molecule has 0 spiro atoms. The summed E-state index contributed by atoms with van der Waals surface area (Å²) in [7, 11) is 0. The molecule has 2 atom stereocenters. The SMILES string of the molecule is Cc1ccc(CCC(C(O)C(C)(C)C)n2cncn2)cc1. The summed E-state index contributed by atoms with van der Waals surface area (Å²) in [5.41, 5.74) is 2.36. The highest BCUT2D eigenvalue weighted by Gasteiger charge is 2.31. The van der Waals surface area contributed by atoms with Crippen molar-refractivity contribution >= 4 is 0 Å². The molecule has 21 heavy (non-hydrogen) atoms. The van der Waals surface area contributed by atoms with Gasteiger partial charge in [-0.1, -0.05) is 50.6 Å². The molecule has 0 saturated carbocycles. The van der Waals surface area contributed by atoms with Gasteiger partial charge in [-0.25, -0.2) is 9.67 Å². The quantitative estimate of drug-likeness (QED) is 0.919. The normalized spacial score (nSPS) is 14.9. The highest BCUT2D eigenvalue weighted by atomic mass is 16.3. The summed E-state index contributed by atoms with van der Waals surface area (Å²) < 4.78 is 1.78. The molecule has 4 heteroatoms. The molecule has 0 radical (unpaired) electrons. The molecule has 1 aromatic carbocycles. The third-order valence-corrected chi connectivity index (χ3v) is 3.88. The van der Waals surface area contributed by atoms with Crippen LogP contribution in [0.15, 0.2) is 36.9 Å². The van der Waals surface area contributed by atoms with Crippen LogP contribution in [-0.4, -0.2) is 26.0 Å². The van der Waals surface area contributed by atoms with E-state index in [2.05, 4.69) is 41.3 Å². The summed E-state index contributed by atoms with van der Waals surface area (Å²) in [6.07, 6.45) is 4.50. The third-order valence-electron chi connectivity index (χ3n) is 3.88. The van der Waals surface area contributed by atoms with Crippen LogP contribution in [0.4, 0.5) is 0 Å². The lowest BCUT2D eigenvalue weighted by Crippen LogP contribution is -2.36. The highest BCUT2D eigenvalue weighted by Crippen LogP contribution is 2.30. The van der Waals surface area contributed by atoms with Gasteiger partial charge >= 0.3 is 0 Å². The summed E-state index contributed by atoms with van der Waals surface area (Å²) in [5, 5.41) is 14.9. The number of aromatic nitrogens is 3. The maximum atomic E-state index is 10.7. The average molecular weight is 287 g/mol. The molecule has 1 aromatic heterocycles. The van der Waals surface area contributed by atoms with E-state index in [1.807, 2.05) is 20.8 Å². The number of aliphatic hydroxyl groups is 1. The molecule has 0 fully saturated rings. The first kappa shape index (κ1) is 15.7. The van der Waals surface area contributed by atoms with Crippen LogP contribution in [0.2, 0.25) is 0 Å². The lowest BCUT2D eigenvalue weighted by Gasteiger charge is -2.33. The first-order valence-electron chi connectivity index (χ1n) is 7.45. The van der Waals surface area contributed by atoms with E-state index in [0.29, 0.717) is 0 Å². The van der Waals surface area contributed by atoms with Crippen LogP contribution in [0.1, 0.15) is 44.4 Å². The molecule has 0 bridgehead atoms. The Morgan fingerprint density at radius 3 is 2.38 bits per heavy atom. The van der Waals surface area contributed by atoms with Gasteiger partial charge in [0.25, 0.3) is 0 Å². The minimum absolute atomic E-state index is 0.0613. The molecule has 2 unspecified atom stereocenters. The summed E-state index contributed by atoms with van der Waals surface area (Å²) in [6, 6.07) is 8.49. The van der Waals surface area contributed by atoms with Gasteiger partial charge in [-0.15, -0.1) is 0 Å². The number of nitrogens with zero attached hydrogens (tertiary/aromatic N) is 3. The number of rotatable bonds is 5. The van der Waals surface area contributed by atoms with Crippen LogP contribution in [0, 0.1) is 12.3 Å². The van der Waals surface area contributed by atoms with Gasteiger partial charge in [0.05, 0.1) is 12.1 Å². The lowest BCUT2D eigenvalue weighted by atomic mass is 9.83. The van der Waals surface area contributed by atoms with Crippen LogP contribution in [0.25, 0.3) is 0 Å². The Bertz CT molecular complexity index is 540. The smallest absolute Gasteiger partial charge is 0.137 e. The average Bonchev–Trinajstić information content (AvgIpc) is 2.94. The zero-order valence-electron chi connectivity index (χ0n) is 13.3. The van der Waals surface area contributed by atoms with Crippen molar-refractivity contribution in [1.82, 2.24) is 14.8 Å². The zero-order valence-corrected chi connectivity index (χ0v) is 13.3. The van der Waals surface area contributed by atoms with Crippen molar-refractivity contribution in [3.63, 3.8) is 0 Å². The second-order valence-electron chi connectivity index (χ2n) is 6.78. The Labute approximate surface area is 126 Å². The van der Waals surface area contributed by atoms with Gasteiger partial charge in [-0.05, 0) is 30.7 Å². The van der Waals surface area contributed by atoms with Crippen LogP contribution in [0.3, 0.4) is 0 Å². The second-order valence-corrected chi connectivity index (χ2v) is 6.78. The Kier molecular flexibility index (Phi) is 4.78. The zero-order chi connectivity index (χ0) is 15.5. The van der Waals surface area contributed by atoms with Gasteiger partial charge in [0, 0.05) is 0 Å². The van der Waals surface area contributed by atoms with Gasteiger partial charge < -0.3 is 5.11 Å². The standard InChI is InChI=1S/C17H25N3O/c1-13-5-7-14(8-6-13)9-10-15(16(21)17(2,3)4)20-12-18-11-19-20/h5-8,11-12,15-16,21H,9-10H2,1-4H3. The van der Waals surface area contributed by atoms with Crippen molar-refractivity contribution in [1.29, 1.82) is 0 Å². The second kappa shape index (κ2) is 6.39. The number of benzene rings is 1. The van der Waals surface area contributed by atoms with E-state index in [1.165, 1.54) is 17.5 Å². The van der Waals surface area contributed by atoms with Crippen molar-refractivity contribution in [3.05, 3.63) is 48.0 Å². The molecular weight excluding hydrogens is 262 g/mol. The van der Waals surface area contributed by atoms with Gasteiger partial charge in [0.1, 0.15) is 12.7 Å². The topological polar surface area (TPSA) is 50.9 Å². The molecule has 4 nitrogen and oxygen atoms in total. The number of aliphatic hydroxyl groups excluding tert-OH is 1. The fourth-order valence-corrected chi connectivity index (χ4v) is 2.47. The highest BCUT2D eigenvalue weighted by molar-refractivity contribution is 5.21. The minimum atomic E-state index is -0.468. The van der Waals surface area contributed by atoms with E-state index in [1.54, 1.807) is 11.0 Å². The maximum absolute atomic E-state index is 10.7. The van der Waals surface area contributed by atoms with E-state index in [-0.39, 0.29) is 11.5 Å². The summed E-state index contributed by atoms with van der Waals surface area (Å²) in [6.45, 7) is 8.24. The van der Waals surface area contributed by atoms with E-state index >= 15 is 0 Å². The van der Waals surface area contributed by atoms with Gasteiger partial charge in [0.15, 0.2) is 0 Å². The maximum Gasteiger partial charge on any atom is 0.137 e. The number of hydrogen-bond donors (Lipinski definition) is 1. The van der Waals surface area contributed by atoms with Gasteiger partial charge in [-0.3, -0.25) is 0 Å². The fourth-order valence-electron chi connectivity index (χ4n) is 2.47. The largest absolute Gasteiger partial charge is 0.390 e. The van der Waals surface area contributed by atoms with E-state index in [0.717, 1.165) is 12.8 Å². The molecule has 0 aliphatic heterocycles. The number of aryl methyl sites for hydroxylation is 2. The molecule has 2 rings (SSSR count). The van der Waals surface area contributed by atoms with E-state index in [4.69, 9.17) is 0 Å². The lowest BCUT2D eigenvalue weighted by molar-refractivity contribution is 0.00944. The monoisotopic (exact) mass is 287 g/mol. The van der Waals surface area contributed by atoms with Crippen molar-refractivity contribution in [3.8, 4) is 0 Å². The summed E-state index contributed by atoms with van der Waals surface area (Å²) >= 11 is 0. The minimum Gasteiger partial charge on any atom is -0.390 e. The number of hydrogen-bond acceptors (Lipinski definition) is 3. The van der Waals surface area contributed by atoms with Crippen molar-refractivity contribution in [2.24, 2.45) is 5.41 Å². The summed E-state index contributed by atoms with van der Waals surface area (Å²) in [4.78, 5) is 4.01. The molecule has 1 N–H and O–H groups in total. The predicted molar refractivity (Wildman–Crippen MR) is 84.0 cm³/mol. The molecule has 114 valence electrons. The first-order valence-corrected chi connectivity index (χ1v) is 7.45. The van der Waals surface area contributed by atoms with E-state index < -0.39 is 6.10 Å². The molecule has 0 saturated heterocycles. The summed E-state index contributed by atoms with van der Waals surface area (Å²) in [5.74, 6) is 0. The predicted octanol–water partition coefficient (Wildman–Crippen LogP) is 3.17. The molecule has 2 aromatic rings. The Balaban J connectivity index is 2.11. The Morgan fingerprint density at radius 2 is 1.86 bits per heavy atom. The van der Waals surface area contributed by atoms with E-state index in [9.17, 15) is 5.11 Å². The molecule has 0 aliphatic carbocycles. The van der Waals surface area contributed by atoms with Gasteiger partial charge in [-0.2, -0.15) is 5.10 Å². The van der Waals surface area contributed by atoms with Crippen molar-refractivity contribution < 1.29 is 5.11 Å².